The monoisotopic (exact) mass is 223 g/mol. The van der Waals surface area contributed by atoms with Crippen LogP contribution in [0, 0.1) is 0 Å². The number of hydrogen-bond donors (Lipinski definition) is 1. The van der Waals surface area contributed by atoms with Gasteiger partial charge in [-0.2, -0.15) is 9.37 Å². The molecule has 0 unspecified atom stereocenters. The molecule has 64 valence electrons. The zero-order chi connectivity index (χ0) is 9.14. The molecule has 7 heteroatoms. The fourth-order valence-electron chi connectivity index (χ4n) is 0.519. The number of aromatic nitrogens is 1. The first-order valence-electron chi connectivity index (χ1n) is 2.76. The molecule has 0 aliphatic carbocycles. The Hall–Kier alpha value is -0.650. The van der Waals surface area contributed by atoms with E-state index in [1.54, 1.807) is 0 Å². The van der Waals surface area contributed by atoms with Crippen LogP contribution in [-0.4, -0.2) is 16.6 Å². The average Bonchev–Trinajstić information content (AvgIpc) is 2.34. The topological polar surface area (TPSA) is 68.3 Å². The number of hydrogen-bond acceptors (Lipinski definition) is 3. The summed E-state index contributed by atoms with van der Waals surface area (Å²) in [6.07, 6.45) is 0.895. The Labute approximate surface area is 82.2 Å². The minimum Gasteiger partial charge on any atom is -0.390 e. The van der Waals surface area contributed by atoms with Crippen LogP contribution in [0.1, 0.15) is 9.67 Å². The summed E-state index contributed by atoms with van der Waals surface area (Å²) in [4.78, 5) is 14.5. The molecule has 0 aromatic carbocycles. The molecule has 0 saturated heterocycles. The van der Waals surface area contributed by atoms with Crippen LogP contribution in [0.25, 0.3) is 0 Å². The maximum Gasteiger partial charge on any atom is 0.291 e. The second-order valence-corrected chi connectivity index (χ2v) is 3.21. The summed E-state index contributed by atoms with van der Waals surface area (Å²) in [6, 6.07) is 0. The number of carbonyl (C=O) groups is 1. The van der Waals surface area contributed by atoms with Crippen LogP contribution in [0.2, 0.25) is 10.2 Å². The first-order chi connectivity index (χ1) is 5.66. The maximum atomic E-state index is 11.0. The molecule has 0 saturated carbocycles. The van der Waals surface area contributed by atoms with Crippen LogP contribution in [0.15, 0.2) is 4.99 Å². The Kier molecular flexibility index (Phi) is 3.02. The van der Waals surface area contributed by atoms with Gasteiger partial charge in [-0.3, -0.25) is 4.79 Å². The highest BCUT2D eigenvalue weighted by atomic mass is 35.5. The number of nitrogens with zero attached hydrogens (tertiary/aromatic N) is 2. The molecule has 1 aromatic heterocycles. The quantitative estimate of drug-likeness (QED) is 0.581. The minimum absolute atomic E-state index is 0.109. The van der Waals surface area contributed by atoms with Gasteiger partial charge in [0.25, 0.3) is 5.91 Å². The molecule has 2 N–H and O–H groups in total. The molecule has 0 atom stereocenters. The van der Waals surface area contributed by atoms with Gasteiger partial charge < -0.3 is 5.73 Å². The fraction of sp³-hybridized carbons (Fsp3) is 0. The largest absolute Gasteiger partial charge is 0.390 e. The van der Waals surface area contributed by atoms with Crippen molar-refractivity contribution in [1.29, 1.82) is 0 Å². The van der Waals surface area contributed by atoms with E-state index in [4.69, 9.17) is 28.9 Å². The van der Waals surface area contributed by atoms with Gasteiger partial charge in [-0.05, 0) is 11.5 Å². The Morgan fingerprint density at radius 2 is 2.33 bits per heavy atom. The van der Waals surface area contributed by atoms with Crippen LogP contribution in [0.3, 0.4) is 0 Å². The van der Waals surface area contributed by atoms with Crippen molar-refractivity contribution >= 4 is 47.0 Å². The zero-order valence-corrected chi connectivity index (χ0v) is 7.95. The van der Waals surface area contributed by atoms with E-state index in [1.807, 2.05) is 0 Å². The van der Waals surface area contributed by atoms with E-state index in [0.29, 0.717) is 0 Å². The number of aliphatic imine (C=N–C) groups is 1. The molecule has 1 rings (SSSR count). The minimum atomic E-state index is -0.535. The Morgan fingerprint density at radius 3 is 2.75 bits per heavy atom. The van der Waals surface area contributed by atoms with Gasteiger partial charge in [0.1, 0.15) is 9.90 Å². The van der Waals surface area contributed by atoms with E-state index in [1.165, 1.54) is 0 Å². The van der Waals surface area contributed by atoms with Gasteiger partial charge in [0.2, 0.25) is 0 Å². The second kappa shape index (κ2) is 3.84. The summed E-state index contributed by atoms with van der Waals surface area (Å²) in [5.74, 6) is -0.535. The third-order valence-corrected chi connectivity index (χ3v) is 2.77. The van der Waals surface area contributed by atoms with E-state index in [-0.39, 0.29) is 15.1 Å². The molecule has 1 amide bonds. The number of halogens is 2. The summed E-state index contributed by atoms with van der Waals surface area (Å²) in [6.45, 7) is 0. The van der Waals surface area contributed by atoms with Crippen molar-refractivity contribution in [3.63, 3.8) is 0 Å². The Morgan fingerprint density at radius 1 is 1.67 bits per heavy atom. The molecule has 0 bridgehead atoms. The normalized spacial score (nSPS) is 10.8. The van der Waals surface area contributed by atoms with Gasteiger partial charge in [0.15, 0.2) is 5.15 Å². The van der Waals surface area contributed by atoms with E-state index < -0.39 is 5.91 Å². The lowest BCUT2D eigenvalue weighted by Crippen LogP contribution is -1.97. The van der Waals surface area contributed by atoms with Gasteiger partial charge in [-0.15, -0.1) is 0 Å². The van der Waals surface area contributed by atoms with Gasteiger partial charge in [-0.25, -0.2) is 0 Å². The smallest absolute Gasteiger partial charge is 0.291 e. The van der Waals surface area contributed by atoms with Crippen LogP contribution < -0.4 is 5.73 Å². The second-order valence-electron chi connectivity index (χ2n) is 1.70. The highest BCUT2D eigenvalue weighted by molar-refractivity contribution is 7.09. The van der Waals surface area contributed by atoms with Crippen molar-refractivity contribution < 1.29 is 4.79 Å². The fourth-order valence-corrected chi connectivity index (χ4v) is 1.62. The van der Waals surface area contributed by atoms with E-state index in [9.17, 15) is 4.79 Å². The van der Waals surface area contributed by atoms with Crippen molar-refractivity contribution in [1.82, 2.24) is 4.37 Å². The van der Waals surface area contributed by atoms with Crippen LogP contribution >= 0.6 is 34.7 Å². The molecule has 0 aliphatic heterocycles. The third-order valence-electron chi connectivity index (χ3n) is 0.984. The summed E-state index contributed by atoms with van der Waals surface area (Å²) >= 11 is 12.0. The summed E-state index contributed by atoms with van der Waals surface area (Å²) < 4.78 is 3.66. The number of rotatable bonds is 1. The standard InChI is InChI=1S/C5H3Cl2N3OS/c6-2-3(5(11)9-1-8)12-10-4(2)7/h1H,(H2,8,9,11). The molecule has 1 heterocycles. The highest BCUT2D eigenvalue weighted by Crippen LogP contribution is 2.28. The van der Waals surface area contributed by atoms with Crippen molar-refractivity contribution in [2.75, 3.05) is 0 Å². The lowest BCUT2D eigenvalue weighted by atomic mass is 10.5. The molecule has 0 aliphatic rings. The number of amides is 1. The zero-order valence-electron chi connectivity index (χ0n) is 5.62. The van der Waals surface area contributed by atoms with E-state index in [0.717, 1.165) is 17.9 Å². The molecule has 4 nitrogen and oxygen atoms in total. The molecule has 12 heavy (non-hydrogen) atoms. The van der Waals surface area contributed by atoms with Crippen molar-refractivity contribution in [2.24, 2.45) is 10.7 Å². The van der Waals surface area contributed by atoms with Gasteiger partial charge >= 0.3 is 0 Å². The molecule has 0 spiro atoms. The molecule has 0 radical (unpaired) electrons. The number of carbonyl (C=O) groups excluding carboxylic acids is 1. The molecular formula is C5H3Cl2N3OS. The van der Waals surface area contributed by atoms with Crippen LogP contribution in [0.5, 0.6) is 0 Å². The lowest BCUT2D eigenvalue weighted by molar-refractivity contribution is 0.101. The van der Waals surface area contributed by atoms with Gasteiger partial charge in [0, 0.05) is 0 Å². The third kappa shape index (κ3) is 1.74. The van der Waals surface area contributed by atoms with Crippen molar-refractivity contribution in [3.05, 3.63) is 15.1 Å². The summed E-state index contributed by atoms with van der Waals surface area (Å²) in [5, 5.41) is 0.231. The van der Waals surface area contributed by atoms with Crippen molar-refractivity contribution in [3.8, 4) is 0 Å². The first-order valence-corrected chi connectivity index (χ1v) is 4.29. The summed E-state index contributed by atoms with van der Waals surface area (Å²) in [5.41, 5.74) is 4.92. The maximum absolute atomic E-state index is 11.0. The molecule has 1 aromatic rings. The summed E-state index contributed by atoms with van der Waals surface area (Å²) in [7, 11) is 0. The highest BCUT2D eigenvalue weighted by Gasteiger charge is 2.15. The average molecular weight is 224 g/mol. The van der Waals surface area contributed by atoms with Gasteiger partial charge in [-0.1, -0.05) is 23.2 Å². The van der Waals surface area contributed by atoms with E-state index in [2.05, 4.69) is 9.37 Å². The van der Waals surface area contributed by atoms with Crippen molar-refractivity contribution in [2.45, 2.75) is 0 Å². The lowest BCUT2D eigenvalue weighted by Gasteiger charge is -1.87. The number of nitrogens with two attached hydrogens (primary N) is 1. The molecule has 0 fully saturated rings. The molecular weight excluding hydrogens is 221 g/mol. The Balaban J connectivity index is 3.03. The predicted molar refractivity (Wildman–Crippen MR) is 49.1 cm³/mol. The van der Waals surface area contributed by atoms with E-state index >= 15 is 0 Å². The predicted octanol–water partition coefficient (Wildman–Crippen LogP) is 1.58. The Bertz CT molecular complexity index is 335. The van der Waals surface area contributed by atoms with Crippen LogP contribution in [-0.2, 0) is 0 Å². The van der Waals surface area contributed by atoms with Gasteiger partial charge in [0.05, 0.1) is 6.34 Å². The van der Waals surface area contributed by atoms with Crippen LogP contribution in [0.4, 0.5) is 0 Å². The first kappa shape index (κ1) is 9.44. The SMILES string of the molecule is NC=NC(=O)c1snc(Cl)c1Cl.